The lowest BCUT2D eigenvalue weighted by atomic mass is 10.1. The Morgan fingerprint density at radius 2 is 1.09 bits per heavy atom. The quantitative estimate of drug-likeness (QED) is 0.0795. The van der Waals surface area contributed by atoms with Gasteiger partial charge in [0.15, 0.2) is 24.8 Å². The van der Waals surface area contributed by atoms with E-state index in [2.05, 4.69) is 95.7 Å². The fraction of sp³-hybridized carbons (Fsp3) is 0.212. The third-order valence-corrected chi connectivity index (χ3v) is 8.95. The Balaban J connectivity index is 0.000000264. The Labute approximate surface area is 267 Å². The highest BCUT2D eigenvalue weighted by atomic mass is 32.2. The Kier molecular flexibility index (Phi) is 11.8. The van der Waals surface area contributed by atoms with Gasteiger partial charge in [-0.25, -0.2) is 18.0 Å². The SMILES string of the molecule is CC(C)(C)OC(=O)c1ccc(COC(=O)C(F)(F)C(F)(F)S(=O)(=O)[O-])cc1.c1ccc([S+](c2ccccc2)c2ccccc2)cc1. The van der Waals surface area contributed by atoms with E-state index < -0.39 is 45.4 Å². The Bertz CT molecular complexity index is 1600. The van der Waals surface area contributed by atoms with Gasteiger partial charge < -0.3 is 14.0 Å². The van der Waals surface area contributed by atoms with Gasteiger partial charge in [-0.15, -0.1) is 0 Å². The largest absolute Gasteiger partial charge is 0.743 e. The number of alkyl halides is 4. The van der Waals surface area contributed by atoms with Crippen LogP contribution < -0.4 is 0 Å². The summed E-state index contributed by atoms with van der Waals surface area (Å²) in [6, 6.07) is 36.9. The molecule has 46 heavy (non-hydrogen) atoms. The van der Waals surface area contributed by atoms with Gasteiger partial charge in [0.1, 0.15) is 12.2 Å². The van der Waals surface area contributed by atoms with Crippen LogP contribution in [0.2, 0.25) is 0 Å². The number of hydrogen-bond donors (Lipinski definition) is 0. The van der Waals surface area contributed by atoms with Crippen LogP contribution in [0.15, 0.2) is 130 Å². The van der Waals surface area contributed by atoms with Gasteiger partial charge in [0.25, 0.3) is 0 Å². The Morgan fingerprint density at radius 1 is 0.696 bits per heavy atom. The van der Waals surface area contributed by atoms with Crippen molar-refractivity contribution in [3.63, 3.8) is 0 Å². The average Bonchev–Trinajstić information content (AvgIpc) is 3.00. The van der Waals surface area contributed by atoms with Crippen LogP contribution in [0.4, 0.5) is 17.6 Å². The number of rotatable bonds is 9. The van der Waals surface area contributed by atoms with Crippen LogP contribution in [0.5, 0.6) is 0 Å². The van der Waals surface area contributed by atoms with Crippen LogP contribution in [-0.2, 0) is 41.9 Å². The summed E-state index contributed by atoms with van der Waals surface area (Å²) >= 11 is 0. The molecular weight excluding hydrogens is 648 g/mol. The molecule has 4 rings (SSSR count). The van der Waals surface area contributed by atoms with Crippen molar-refractivity contribution in [2.75, 3.05) is 0 Å². The molecule has 4 aromatic rings. The van der Waals surface area contributed by atoms with Crippen LogP contribution in [0.1, 0.15) is 36.7 Å². The first-order valence-electron chi connectivity index (χ1n) is 13.5. The minimum atomic E-state index is -6.80. The summed E-state index contributed by atoms with van der Waals surface area (Å²) in [5, 5.41) is -6.17. The summed E-state index contributed by atoms with van der Waals surface area (Å²) < 4.78 is 92.2. The van der Waals surface area contributed by atoms with E-state index >= 15 is 0 Å². The molecule has 0 atom stereocenters. The standard InChI is InChI=1S/C18H15S.C15H16F4O7S/c1-4-10-16(11-5-1)19(17-12-6-2-7-13-17)18-14-8-3-9-15-18;1-13(2,3)26-11(20)10-6-4-9(5-7-10)8-25-12(21)14(16,17)15(18,19)27(22,23)24/h1-15H;4-7H,8H2,1-3H3,(H,22,23,24)/q+1;/p-1. The number of halogens is 4. The van der Waals surface area contributed by atoms with E-state index in [9.17, 15) is 40.1 Å². The molecule has 0 aromatic heterocycles. The number of carbonyl (C=O) groups is 2. The first-order chi connectivity index (χ1) is 21.4. The summed E-state index contributed by atoms with van der Waals surface area (Å²) in [5.41, 5.74) is -0.640. The minimum Gasteiger partial charge on any atom is -0.743 e. The molecule has 0 heterocycles. The average molecular weight is 679 g/mol. The van der Waals surface area contributed by atoms with Crippen molar-refractivity contribution >= 4 is 33.0 Å². The zero-order chi connectivity index (χ0) is 34.2. The summed E-state index contributed by atoms with van der Waals surface area (Å²) in [7, 11) is -6.82. The second-order valence-corrected chi connectivity index (χ2v) is 14.0. The number of hydrogen-bond acceptors (Lipinski definition) is 7. The zero-order valence-electron chi connectivity index (χ0n) is 24.9. The van der Waals surface area contributed by atoms with E-state index in [0.29, 0.717) is 0 Å². The molecule has 13 heteroatoms. The van der Waals surface area contributed by atoms with E-state index in [1.165, 1.54) is 39.0 Å². The molecule has 4 aromatic carbocycles. The van der Waals surface area contributed by atoms with Crippen molar-refractivity contribution in [3.8, 4) is 0 Å². The minimum absolute atomic E-state index is 0.0146. The number of benzene rings is 4. The highest BCUT2D eigenvalue weighted by Crippen LogP contribution is 2.39. The maximum atomic E-state index is 13.3. The molecule has 0 saturated heterocycles. The number of esters is 2. The second-order valence-electron chi connectivity index (χ2n) is 10.6. The van der Waals surface area contributed by atoms with Crippen molar-refractivity contribution in [1.29, 1.82) is 0 Å². The topological polar surface area (TPSA) is 110 Å². The molecule has 7 nitrogen and oxygen atoms in total. The number of ether oxygens (including phenoxy) is 2. The third kappa shape index (κ3) is 9.41. The van der Waals surface area contributed by atoms with Gasteiger partial charge in [0, 0.05) is 0 Å². The van der Waals surface area contributed by atoms with Gasteiger partial charge in [-0.2, -0.15) is 17.6 Å². The molecule has 244 valence electrons. The third-order valence-electron chi connectivity index (χ3n) is 5.83. The normalized spacial score (nSPS) is 12.1. The van der Waals surface area contributed by atoms with E-state index in [1.807, 2.05) is 0 Å². The first kappa shape index (κ1) is 36.3. The van der Waals surface area contributed by atoms with Crippen LogP contribution in [-0.4, -0.2) is 41.7 Å². The molecule has 0 spiro atoms. The van der Waals surface area contributed by atoms with E-state index in [4.69, 9.17) is 4.74 Å². The maximum absolute atomic E-state index is 13.3. The van der Waals surface area contributed by atoms with Gasteiger partial charge in [-0.1, -0.05) is 66.7 Å². The Hall–Kier alpha value is -4.20. The molecule has 0 saturated carbocycles. The predicted octanol–water partition coefficient (Wildman–Crippen LogP) is 7.24. The lowest BCUT2D eigenvalue weighted by Crippen LogP contribution is -2.52. The highest BCUT2D eigenvalue weighted by Gasteiger charge is 2.68. The van der Waals surface area contributed by atoms with Crippen LogP contribution in [0.3, 0.4) is 0 Å². The molecule has 0 amide bonds. The van der Waals surface area contributed by atoms with Crippen LogP contribution >= 0.6 is 0 Å². The van der Waals surface area contributed by atoms with Gasteiger partial charge >= 0.3 is 23.1 Å². The Morgan fingerprint density at radius 3 is 1.43 bits per heavy atom. The van der Waals surface area contributed by atoms with Crippen LogP contribution in [0.25, 0.3) is 0 Å². The van der Waals surface area contributed by atoms with Crippen molar-refractivity contribution in [2.24, 2.45) is 0 Å². The van der Waals surface area contributed by atoms with Gasteiger partial charge in [0.2, 0.25) is 0 Å². The fourth-order valence-electron chi connectivity index (χ4n) is 3.67. The summed E-state index contributed by atoms with van der Waals surface area (Å²) in [5.74, 6) is -9.44. The van der Waals surface area contributed by atoms with Gasteiger partial charge in [0.05, 0.1) is 16.5 Å². The van der Waals surface area contributed by atoms with Crippen molar-refractivity contribution in [2.45, 2.75) is 58.8 Å². The molecule has 0 aliphatic carbocycles. The number of carbonyl (C=O) groups excluding carboxylic acids is 2. The first-order valence-corrected chi connectivity index (χ1v) is 16.2. The lowest BCUT2D eigenvalue weighted by Gasteiger charge is -2.26. The molecular formula is C33H30F4O7S2. The zero-order valence-corrected chi connectivity index (χ0v) is 26.5. The van der Waals surface area contributed by atoms with Gasteiger partial charge in [-0.05, 0) is 74.9 Å². The van der Waals surface area contributed by atoms with E-state index in [1.54, 1.807) is 20.8 Å². The summed E-state index contributed by atoms with van der Waals surface area (Å²) in [6.45, 7) is 3.97. The van der Waals surface area contributed by atoms with Crippen molar-refractivity contribution < 1.29 is 49.6 Å². The van der Waals surface area contributed by atoms with E-state index in [-0.39, 0.29) is 22.0 Å². The summed E-state index contributed by atoms with van der Waals surface area (Å²) in [6.07, 6.45) is 0. The second kappa shape index (κ2) is 14.9. The molecule has 0 N–H and O–H groups in total. The van der Waals surface area contributed by atoms with Crippen molar-refractivity contribution in [3.05, 3.63) is 126 Å². The maximum Gasteiger partial charge on any atom is 0.418 e. The fourth-order valence-corrected chi connectivity index (χ4v) is 6.17. The monoisotopic (exact) mass is 678 g/mol. The molecule has 0 unspecified atom stereocenters. The van der Waals surface area contributed by atoms with Crippen LogP contribution in [0, 0.1) is 0 Å². The highest BCUT2D eigenvalue weighted by molar-refractivity contribution is 7.97. The molecule has 0 fully saturated rings. The molecule has 0 aliphatic rings. The van der Waals surface area contributed by atoms with E-state index in [0.717, 1.165) is 0 Å². The van der Waals surface area contributed by atoms with Crippen molar-refractivity contribution in [1.82, 2.24) is 0 Å². The lowest BCUT2D eigenvalue weighted by molar-refractivity contribution is -0.206. The predicted molar refractivity (Wildman–Crippen MR) is 162 cm³/mol. The molecule has 0 bridgehead atoms. The molecule has 0 aliphatic heterocycles. The molecule has 0 radical (unpaired) electrons. The van der Waals surface area contributed by atoms with Gasteiger partial charge in [-0.3, -0.25) is 0 Å². The summed E-state index contributed by atoms with van der Waals surface area (Å²) in [4.78, 5) is 27.0. The smallest absolute Gasteiger partial charge is 0.418 e.